The first-order valence-electron chi connectivity index (χ1n) is 10.0. The molecular formula is C22H31N5O. The summed E-state index contributed by atoms with van der Waals surface area (Å²) in [7, 11) is 1.97. The number of likely N-dealkylation sites (tertiary alicyclic amines) is 1. The lowest BCUT2D eigenvalue weighted by atomic mass is 10.0. The Morgan fingerprint density at radius 1 is 1.43 bits per heavy atom. The van der Waals surface area contributed by atoms with Crippen LogP contribution in [0.15, 0.2) is 54.3 Å². The number of aryl methyl sites for hydroxylation is 1. The number of hydrogen-bond donors (Lipinski definition) is 1. The Morgan fingerprint density at radius 3 is 3.04 bits per heavy atom. The summed E-state index contributed by atoms with van der Waals surface area (Å²) in [5, 5.41) is 7.73. The molecule has 1 aliphatic rings. The van der Waals surface area contributed by atoms with Crippen LogP contribution in [0.4, 0.5) is 0 Å². The molecule has 1 N–H and O–H groups in total. The van der Waals surface area contributed by atoms with Crippen molar-refractivity contribution < 1.29 is 4.74 Å². The zero-order chi connectivity index (χ0) is 19.8. The van der Waals surface area contributed by atoms with Crippen LogP contribution in [-0.2, 0) is 20.0 Å². The molecule has 0 radical (unpaired) electrons. The lowest BCUT2D eigenvalue weighted by Crippen LogP contribution is -2.40. The van der Waals surface area contributed by atoms with Crippen LogP contribution < -0.4 is 10.1 Å². The smallest absolute Gasteiger partial charge is 0.194 e. The van der Waals surface area contributed by atoms with Gasteiger partial charge in [-0.2, -0.15) is 5.10 Å². The molecule has 0 saturated carbocycles. The molecule has 6 nitrogen and oxygen atoms in total. The molecule has 3 rings (SSSR count). The van der Waals surface area contributed by atoms with Crippen LogP contribution in [0.5, 0.6) is 5.75 Å². The minimum absolute atomic E-state index is 0.503. The number of nitrogens with zero attached hydrogens (tertiary/aromatic N) is 4. The van der Waals surface area contributed by atoms with E-state index >= 15 is 0 Å². The van der Waals surface area contributed by atoms with Crippen molar-refractivity contribution in [2.24, 2.45) is 18.0 Å². The first-order chi connectivity index (χ1) is 13.7. The summed E-state index contributed by atoms with van der Waals surface area (Å²) < 4.78 is 7.63. The number of benzene rings is 1. The highest BCUT2D eigenvalue weighted by molar-refractivity contribution is 5.80. The number of hydrogen-bond acceptors (Lipinski definition) is 3. The van der Waals surface area contributed by atoms with Crippen LogP contribution in [0.1, 0.15) is 24.5 Å². The molecule has 1 aliphatic heterocycles. The van der Waals surface area contributed by atoms with Crippen molar-refractivity contribution in [2.75, 3.05) is 26.2 Å². The van der Waals surface area contributed by atoms with E-state index in [1.165, 1.54) is 12.0 Å². The van der Waals surface area contributed by atoms with Gasteiger partial charge in [-0.05, 0) is 37.3 Å². The molecule has 2 aromatic rings. The number of aromatic nitrogens is 2. The van der Waals surface area contributed by atoms with Crippen LogP contribution in [0.2, 0.25) is 0 Å². The maximum absolute atomic E-state index is 5.76. The van der Waals surface area contributed by atoms with E-state index in [1.54, 1.807) is 6.08 Å². The third-order valence-electron chi connectivity index (χ3n) is 4.93. The van der Waals surface area contributed by atoms with E-state index in [2.05, 4.69) is 41.1 Å². The second kappa shape index (κ2) is 9.97. The van der Waals surface area contributed by atoms with Crippen LogP contribution in [0.25, 0.3) is 0 Å². The van der Waals surface area contributed by atoms with Gasteiger partial charge < -0.3 is 15.0 Å². The summed E-state index contributed by atoms with van der Waals surface area (Å²) in [6.07, 6.45) is 8.10. The second-order valence-corrected chi connectivity index (χ2v) is 7.20. The van der Waals surface area contributed by atoms with Crippen molar-refractivity contribution in [3.63, 3.8) is 0 Å². The Balaban J connectivity index is 1.64. The van der Waals surface area contributed by atoms with E-state index in [0.29, 0.717) is 19.1 Å². The molecule has 150 valence electrons. The number of ether oxygens (including phenoxy) is 1. The van der Waals surface area contributed by atoms with Gasteiger partial charge in [0.25, 0.3) is 0 Å². The van der Waals surface area contributed by atoms with Gasteiger partial charge in [0.05, 0.1) is 12.7 Å². The van der Waals surface area contributed by atoms with Crippen molar-refractivity contribution in [3.05, 3.63) is 60.4 Å². The summed E-state index contributed by atoms with van der Waals surface area (Å²) in [5.41, 5.74) is 2.40. The summed E-state index contributed by atoms with van der Waals surface area (Å²) in [6, 6.07) is 8.07. The van der Waals surface area contributed by atoms with Gasteiger partial charge in [0.15, 0.2) is 5.96 Å². The molecule has 0 bridgehead atoms. The second-order valence-electron chi connectivity index (χ2n) is 7.20. The number of para-hydroxylation sites is 1. The van der Waals surface area contributed by atoms with E-state index < -0.39 is 0 Å². The molecule has 0 amide bonds. The van der Waals surface area contributed by atoms with Crippen molar-refractivity contribution in [2.45, 2.75) is 26.3 Å². The van der Waals surface area contributed by atoms with E-state index in [-0.39, 0.29) is 0 Å². The van der Waals surface area contributed by atoms with E-state index in [0.717, 1.165) is 43.3 Å². The molecular weight excluding hydrogens is 350 g/mol. The van der Waals surface area contributed by atoms with Gasteiger partial charge in [-0.25, -0.2) is 4.99 Å². The maximum atomic E-state index is 5.76. The van der Waals surface area contributed by atoms with Gasteiger partial charge in [0.1, 0.15) is 12.4 Å². The molecule has 2 heterocycles. The van der Waals surface area contributed by atoms with Crippen molar-refractivity contribution in [1.29, 1.82) is 0 Å². The fourth-order valence-electron chi connectivity index (χ4n) is 3.61. The molecule has 28 heavy (non-hydrogen) atoms. The Bertz CT molecular complexity index is 798. The molecule has 1 aromatic carbocycles. The number of rotatable bonds is 8. The Hall–Kier alpha value is -2.76. The van der Waals surface area contributed by atoms with Gasteiger partial charge in [0, 0.05) is 38.4 Å². The highest BCUT2D eigenvalue weighted by Crippen LogP contribution is 2.22. The van der Waals surface area contributed by atoms with Gasteiger partial charge in [-0.1, -0.05) is 30.9 Å². The summed E-state index contributed by atoms with van der Waals surface area (Å²) in [6.45, 7) is 9.85. The first kappa shape index (κ1) is 20.0. The maximum Gasteiger partial charge on any atom is 0.194 e. The molecule has 0 spiro atoms. The molecule has 0 aliphatic carbocycles. The average molecular weight is 382 g/mol. The van der Waals surface area contributed by atoms with E-state index in [1.807, 2.05) is 36.1 Å². The van der Waals surface area contributed by atoms with Crippen molar-refractivity contribution >= 4 is 5.96 Å². The minimum atomic E-state index is 0.503. The van der Waals surface area contributed by atoms with E-state index in [4.69, 9.17) is 9.73 Å². The predicted octanol–water partition coefficient (Wildman–Crippen LogP) is 3.02. The molecule has 1 unspecified atom stereocenters. The largest absolute Gasteiger partial charge is 0.489 e. The van der Waals surface area contributed by atoms with Crippen LogP contribution >= 0.6 is 0 Å². The Labute approximate surface area is 167 Å². The van der Waals surface area contributed by atoms with Crippen molar-refractivity contribution in [1.82, 2.24) is 20.0 Å². The van der Waals surface area contributed by atoms with Crippen molar-refractivity contribution in [3.8, 4) is 5.75 Å². The third kappa shape index (κ3) is 5.38. The highest BCUT2D eigenvalue weighted by atomic mass is 16.5. The predicted molar refractivity (Wildman–Crippen MR) is 114 cm³/mol. The molecule has 1 aromatic heterocycles. The summed E-state index contributed by atoms with van der Waals surface area (Å²) in [4.78, 5) is 7.26. The highest BCUT2D eigenvalue weighted by Gasteiger charge is 2.25. The Kier molecular flexibility index (Phi) is 7.12. The van der Waals surface area contributed by atoms with Crippen LogP contribution in [-0.4, -0.2) is 46.9 Å². The van der Waals surface area contributed by atoms with Gasteiger partial charge in [0.2, 0.25) is 0 Å². The topological polar surface area (TPSA) is 54.7 Å². The lowest BCUT2D eigenvalue weighted by molar-refractivity contribution is 0.359. The average Bonchev–Trinajstić information content (AvgIpc) is 3.33. The summed E-state index contributed by atoms with van der Waals surface area (Å²) >= 11 is 0. The van der Waals surface area contributed by atoms with Gasteiger partial charge >= 0.3 is 0 Å². The normalized spacial score (nSPS) is 17.0. The molecule has 1 saturated heterocycles. The minimum Gasteiger partial charge on any atom is -0.489 e. The van der Waals surface area contributed by atoms with Gasteiger partial charge in [-0.15, -0.1) is 0 Å². The zero-order valence-electron chi connectivity index (χ0n) is 17.0. The molecule has 6 heteroatoms. The third-order valence-corrected chi connectivity index (χ3v) is 4.93. The quantitative estimate of drug-likeness (QED) is 0.434. The number of aliphatic imine (C=N–C) groups is 1. The standard InChI is InChI=1S/C22H31N5O/c1-4-12-28-21-9-7-6-8-20(21)15-24-22(23-5-2)27-11-10-18(17-27)13-19-14-25-26(3)16-19/h4,6-9,14,16,18H,1,5,10-13,15,17H2,2-3H3,(H,23,24). The Morgan fingerprint density at radius 2 is 2.29 bits per heavy atom. The monoisotopic (exact) mass is 381 g/mol. The van der Waals surface area contributed by atoms with Gasteiger partial charge in [-0.3, -0.25) is 4.68 Å². The fourth-order valence-corrected chi connectivity index (χ4v) is 3.61. The SMILES string of the molecule is C=CCOc1ccccc1CN=C(NCC)N1CCC(Cc2cnn(C)c2)C1. The fraction of sp³-hybridized carbons (Fsp3) is 0.455. The number of nitrogens with one attached hydrogen (secondary N) is 1. The lowest BCUT2D eigenvalue weighted by Gasteiger charge is -2.22. The van der Waals surface area contributed by atoms with Crippen LogP contribution in [0, 0.1) is 5.92 Å². The first-order valence-corrected chi connectivity index (χ1v) is 10.0. The molecule has 1 atom stereocenters. The molecule has 1 fully saturated rings. The number of guanidine groups is 1. The van der Waals surface area contributed by atoms with E-state index in [9.17, 15) is 0 Å². The van der Waals surface area contributed by atoms with Crippen LogP contribution in [0.3, 0.4) is 0 Å². The summed E-state index contributed by atoms with van der Waals surface area (Å²) in [5.74, 6) is 2.49. The zero-order valence-corrected chi connectivity index (χ0v) is 17.0.